The second-order valence-electron chi connectivity index (χ2n) is 4.91. The first kappa shape index (κ1) is 16.8. The zero-order valence-corrected chi connectivity index (χ0v) is 13.0. The van der Waals surface area contributed by atoms with Gasteiger partial charge >= 0.3 is 0 Å². The van der Waals surface area contributed by atoms with Gasteiger partial charge in [-0.1, -0.05) is 0 Å². The van der Waals surface area contributed by atoms with E-state index < -0.39 is 0 Å². The Kier molecular flexibility index (Phi) is 6.41. The number of rotatable bonds is 8. The molecule has 0 spiro atoms. The van der Waals surface area contributed by atoms with Crippen molar-refractivity contribution in [3.05, 3.63) is 54.3 Å². The standard InChI is InChI=1S/C18H20FNO3/c1-2-22-16-9-11-17(12-10-16)23-13-3-4-18(21)20-15-7-5-14(19)6-8-15/h5-12H,2-4,13H2,1H3,(H,20,21). The van der Waals surface area contributed by atoms with Crippen LogP contribution in [0.25, 0.3) is 0 Å². The minimum absolute atomic E-state index is 0.119. The molecule has 0 aliphatic carbocycles. The van der Waals surface area contributed by atoms with Gasteiger partial charge in [0.1, 0.15) is 17.3 Å². The number of anilines is 1. The Morgan fingerprint density at radius 1 is 1.00 bits per heavy atom. The number of ether oxygens (including phenoxy) is 2. The van der Waals surface area contributed by atoms with Gasteiger partial charge in [-0.05, 0) is 61.9 Å². The van der Waals surface area contributed by atoms with Crippen LogP contribution >= 0.6 is 0 Å². The molecule has 0 saturated heterocycles. The number of benzene rings is 2. The normalized spacial score (nSPS) is 10.2. The molecule has 0 heterocycles. The molecule has 2 aromatic carbocycles. The molecule has 1 N–H and O–H groups in total. The van der Waals surface area contributed by atoms with Gasteiger partial charge in [-0.2, -0.15) is 0 Å². The van der Waals surface area contributed by atoms with Crippen LogP contribution in [0.2, 0.25) is 0 Å². The molecule has 0 aromatic heterocycles. The zero-order chi connectivity index (χ0) is 16.5. The average Bonchev–Trinajstić information content (AvgIpc) is 2.55. The van der Waals surface area contributed by atoms with E-state index in [0.29, 0.717) is 31.7 Å². The minimum Gasteiger partial charge on any atom is -0.494 e. The van der Waals surface area contributed by atoms with Crippen LogP contribution in [0.4, 0.5) is 10.1 Å². The number of carbonyl (C=O) groups is 1. The molecule has 0 bridgehead atoms. The van der Waals surface area contributed by atoms with Crippen molar-refractivity contribution in [3.63, 3.8) is 0 Å². The Morgan fingerprint density at radius 2 is 1.61 bits per heavy atom. The maximum atomic E-state index is 12.8. The van der Waals surface area contributed by atoms with E-state index in [-0.39, 0.29) is 11.7 Å². The molecule has 0 aliphatic rings. The fraction of sp³-hybridized carbons (Fsp3) is 0.278. The highest BCUT2D eigenvalue weighted by molar-refractivity contribution is 5.90. The lowest BCUT2D eigenvalue weighted by Gasteiger charge is -2.08. The van der Waals surface area contributed by atoms with E-state index in [4.69, 9.17) is 9.47 Å². The van der Waals surface area contributed by atoms with Crippen molar-refractivity contribution in [2.45, 2.75) is 19.8 Å². The Labute approximate surface area is 135 Å². The van der Waals surface area contributed by atoms with E-state index in [1.807, 2.05) is 31.2 Å². The molecule has 0 radical (unpaired) electrons. The van der Waals surface area contributed by atoms with E-state index >= 15 is 0 Å². The first-order valence-corrected chi connectivity index (χ1v) is 7.58. The highest BCUT2D eigenvalue weighted by atomic mass is 19.1. The lowest BCUT2D eigenvalue weighted by atomic mass is 10.2. The molecule has 2 rings (SSSR count). The quantitative estimate of drug-likeness (QED) is 0.748. The summed E-state index contributed by atoms with van der Waals surface area (Å²) in [5.41, 5.74) is 0.587. The summed E-state index contributed by atoms with van der Waals surface area (Å²) < 4.78 is 23.7. The van der Waals surface area contributed by atoms with Gasteiger partial charge in [0.05, 0.1) is 13.2 Å². The molecule has 23 heavy (non-hydrogen) atoms. The van der Waals surface area contributed by atoms with Crippen LogP contribution in [0.3, 0.4) is 0 Å². The molecule has 1 amide bonds. The molecule has 5 heteroatoms. The Morgan fingerprint density at radius 3 is 2.22 bits per heavy atom. The summed E-state index contributed by atoms with van der Waals surface area (Å²) >= 11 is 0. The van der Waals surface area contributed by atoms with Gasteiger partial charge in [0.25, 0.3) is 0 Å². The summed E-state index contributed by atoms with van der Waals surface area (Å²) in [6.07, 6.45) is 0.939. The van der Waals surface area contributed by atoms with Gasteiger partial charge in [0.15, 0.2) is 0 Å². The molecule has 0 atom stereocenters. The third-order valence-corrected chi connectivity index (χ3v) is 3.08. The van der Waals surface area contributed by atoms with Gasteiger partial charge < -0.3 is 14.8 Å². The van der Waals surface area contributed by atoms with Crippen LogP contribution < -0.4 is 14.8 Å². The molecular weight excluding hydrogens is 297 g/mol. The number of hydrogen-bond donors (Lipinski definition) is 1. The lowest BCUT2D eigenvalue weighted by Crippen LogP contribution is -2.12. The lowest BCUT2D eigenvalue weighted by molar-refractivity contribution is -0.116. The predicted octanol–water partition coefficient (Wildman–Crippen LogP) is 4.02. The first-order chi connectivity index (χ1) is 11.2. The van der Waals surface area contributed by atoms with E-state index in [0.717, 1.165) is 11.5 Å². The summed E-state index contributed by atoms with van der Waals surface area (Å²) in [5, 5.41) is 2.71. The van der Waals surface area contributed by atoms with Gasteiger partial charge in [0, 0.05) is 12.1 Å². The largest absolute Gasteiger partial charge is 0.494 e. The minimum atomic E-state index is -0.327. The molecule has 122 valence electrons. The third kappa shape index (κ3) is 5.98. The Hall–Kier alpha value is -2.56. The highest BCUT2D eigenvalue weighted by Gasteiger charge is 2.03. The zero-order valence-electron chi connectivity index (χ0n) is 13.0. The molecule has 0 saturated carbocycles. The van der Waals surface area contributed by atoms with Crippen molar-refractivity contribution >= 4 is 11.6 Å². The smallest absolute Gasteiger partial charge is 0.224 e. The molecule has 0 unspecified atom stereocenters. The number of amides is 1. The van der Waals surface area contributed by atoms with Gasteiger partial charge in [-0.3, -0.25) is 4.79 Å². The van der Waals surface area contributed by atoms with E-state index in [1.165, 1.54) is 24.3 Å². The SMILES string of the molecule is CCOc1ccc(OCCCC(=O)Nc2ccc(F)cc2)cc1. The van der Waals surface area contributed by atoms with Gasteiger partial charge in [-0.15, -0.1) is 0 Å². The van der Waals surface area contributed by atoms with Crippen LogP contribution in [0.5, 0.6) is 11.5 Å². The van der Waals surface area contributed by atoms with Crippen LogP contribution in [0, 0.1) is 5.82 Å². The number of hydrogen-bond acceptors (Lipinski definition) is 3. The van der Waals surface area contributed by atoms with E-state index in [1.54, 1.807) is 0 Å². The maximum Gasteiger partial charge on any atom is 0.224 e. The van der Waals surface area contributed by atoms with Crippen molar-refractivity contribution in [2.75, 3.05) is 18.5 Å². The maximum absolute atomic E-state index is 12.8. The number of halogens is 1. The van der Waals surface area contributed by atoms with Crippen LogP contribution in [0.15, 0.2) is 48.5 Å². The van der Waals surface area contributed by atoms with Crippen molar-refractivity contribution in [1.29, 1.82) is 0 Å². The molecule has 2 aromatic rings. The second kappa shape index (κ2) is 8.78. The summed E-state index contributed by atoms with van der Waals surface area (Å²) in [6, 6.07) is 13.1. The second-order valence-corrected chi connectivity index (χ2v) is 4.91. The summed E-state index contributed by atoms with van der Waals surface area (Å²) in [6.45, 7) is 3.01. The Bertz CT molecular complexity index is 611. The topological polar surface area (TPSA) is 47.6 Å². The van der Waals surface area contributed by atoms with Crippen molar-refractivity contribution in [1.82, 2.24) is 0 Å². The summed E-state index contributed by atoms with van der Waals surface area (Å²) in [7, 11) is 0. The van der Waals surface area contributed by atoms with Crippen molar-refractivity contribution in [3.8, 4) is 11.5 Å². The number of nitrogens with one attached hydrogen (secondary N) is 1. The average molecular weight is 317 g/mol. The summed E-state index contributed by atoms with van der Waals surface area (Å²) in [5.74, 6) is 1.10. The predicted molar refractivity (Wildman–Crippen MR) is 87.4 cm³/mol. The highest BCUT2D eigenvalue weighted by Crippen LogP contribution is 2.17. The molecular formula is C18H20FNO3. The fourth-order valence-corrected chi connectivity index (χ4v) is 1.98. The molecule has 0 aliphatic heterocycles. The van der Waals surface area contributed by atoms with Crippen molar-refractivity contribution in [2.24, 2.45) is 0 Å². The van der Waals surface area contributed by atoms with E-state index in [2.05, 4.69) is 5.32 Å². The van der Waals surface area contributed by atoms with Gasteiger partial charge in [0.2, 0.25) is 5.91 Å². The third-order valence-electron chi connectivity index (χ3n) is 3.08. The Balaban J connectivity index is 1.66. The molecule has 4 nitrogen and oxygen atoms in total. The van der Waals surface area contributed by atoms with E-state index in [9.17, 15) is 9.18 Å². The summed E-state index contributed by atoms with van der Waals surface area (Å²) in [4.78, 5) is 11.7. The monoisotopic (exact) mass is 317 g/mol. The van der Waals surface area contributed by atoms with Gasteiger partial charge in [-0.25, -0.2) is 4.39 Å². The van der Waals surface area contributed by atoms with Crippen LogP contribution in [-0.4, -0.2) is 19.1 Å². The first-order valence-electron chi connectivity index (χ1n) is 7.58. The molecule has 0 fully saturated rings. The van der Waals surface area contributed by atoms with Crippen LogP contribution in [0.1, 0.15) is 19.8 Å². The van der Waals surface area contributed by atoms with Crippen molar-refractivity contribution < 1.29 is 18.7 Å². The fourth-order valence-electron chi connectivity index (χ4n) is 1.98. The van der Waals surface area contributed by atoms with Crippen LogP contribution in [-0.2, 0) is 4.79 Å². The number of carbonyl (C=O) groups excluding carboxylic acids is 1.